The number of nitrogens with one attached hydrogen (secondary N) is 1. The van der Waals surface area contributed by atoms with Crippen molar-refractivity contribution in [3.8, 4) is 17.3 Å². The molecule has 8 heteroatoms. The van der Waals surface area contributed by atoms with Crippen LogP contribution in [0.25, 0.3) is 11.6 Å². The molecule has 3 aromatic rings. The van der Waals surface area contributed by atoms with E-state index in [1.54, 1.807) is 36.4 Å². The molecule has 0 fully saturated rings. The number of aromatic nitrogens is 2. The Bertz CT molecular complexity index is 815. The Labute approximate surface area is 138 Å². The molecule has 1 aromatic carbocycles. The molecule has 1 N–H and O–H groups in total. The lowest BCUT2D eigenvalue weighted by molar-refractivity contribution is 0.102. The first-order chi connectivity index (χ1) is 10.7. The third-order valence-corrected chi connectivity index (χ3v) is 3.85. The molecule has 6 nitrogen and oxygen atoms in total. The molecule has 0 saturated heterocycles. The van der Waals surface area contributed by atoms with Gasteiger partial charge in [0.25, 0.3) is 5.91 Å². The monoisotopic (exact) mass is 379 g/mol. The minimum atomic E-state index is -0.305. The molecule has 2 heterocycles. The van der Waals surface area contributed by atoms with Crippen LogP contribution in [0.5, 0.6) is 5.75 Å². The molecule has 0 spiro atoms. The molecule has 112 valence electrons. The minimum Gasteiger partial charge on any atom is -0.496 e. The maximum Gasteiger partial charge on any atom is 0.261 e. The molecule has 1 amide bonds. The van der Waals surface area contributed by atoms with Gasteiger partial charge in [0.05, 0.1) is 12.7 Å². The van der Waals surface area contributed by atoms with E-state index in [9.17, 15) is 4.79 Å². The number of hydrogen-bond donors (Lipinski definition) is 1. The first-order valence-corrected chi connectivity index (χ1v) is 7.78. The van der Waals surface area contributed by atoms with Crippen LogP contribution >= 0.6 is 27.5 Å². The van der Waals surface area contributed by atoms with Crippen molar-refractivity contribution in [2.75, 3.05) is 12.4 Å². The maximum atomic E-state index is 12.3. The van der Waals surface area contributed by atoms with Crippen LogP contribution in [0.3, 0.4) is 0 Å². The molecular formula is C14H10BrN3O3S. The Morgan fingerprint density at radius 1 is 1.32 bits per heavy atom. The van der Waals surface area contributed by atoms with Gasteiger partial charge >= 0.3 is 0 Å². The molecule has 2 aromatic heterocycles. The number of halogens is 1. The number of para-hydroxylation sites is 1. The lowest BCUT2D eigenvalue weighted by atomic mass is 10.2. The Kier molecular flexibility index (Phi) is 4.21. The normalized spacial score (nSPS) is 10.5. The third kappa shape index (κ3) is 3.02. The van der Waals surface area contributed by atoms with Crippen LogP contribution in [-0.2, 0) is 0 Å². The van der Waals surface area contributed by atoms with E-state index in [-0.39, 0.29) is 5.91 Å². The number of ether oxygens (including phenoxy) is 1. The predicted octanol–water partition coefficient (Wildman–Crippen LogP) is 3.82. The summed E-state index contributed by atoms with van der Waals surface area (Å²) in [7, 11) is 1.52. The summed E-state index contributed by atoms with van der Waals surface area (Å²) in [5.74, 6) is 1.15. The van der Waals surface area contributed by atoms with Gasteiger partial charge in [0.2, 0.25) is 11.0 Å². The second-order valence-electron chi connectivity index (χ2n) is 4.18. The van der Waals surface area contributed by atoms with Crippen LogP contribution in [-0.4, -0.2) is 22.4 Å². The number of benzene rings is 1. The minimum absolute atomic E-state index is 0.305. The lowest BCUT2D eigenvalue weighted by Gasteiger charge is -2.06. The number of carbonyl (C=O) groups excluding carboxylic acids is 1. The van der Waals surface area contributed by atoms with E-state index in [1.165, 1.54) is 7.11 Å². The van der Waals surface area contributed by atoms with E-state index in [4.69, 9.17) is 9.15 Å². The van der Waals surface area contributed by atoms with Crippen molar-refractivity contribution in [3.63, 3.8) is 0 Å². The number of amides is 1. The number of nitrogens with zero attached hydrogens (tertiary/aromatic N) is 2. The summed E-state index contributed by atoms with van der Waals surface area (Å²) in [4.78, 5) is 16.5. The first-order valence-electron chi connectivity index (χ1n) is 6.21. The maximum absolute atomic E-state index is 12.3. The lowest BCUT2D eigenvalue weighted by Crippen LogP contribution is -2.12. The summed E-state index contributed by atoms with van der Waals surface area (Å²) >= 11 is 4.30. The van der Waals surface area contributed by atoms with Crippen molar-refractivity contribution in [2.45, 2.75) is 0 Å². The quantitative estimate of drug-likeness (QED) is 0.745. The number of hydrogen-bond acceptors (Lipinski definition) is 6. The summed E-state index contributed by atoms with van der Waals surface area (Å²) in [5.41, 5.74) is 0.433. The van der Waals surface area contributed by atoms with E-state index in [1.807, 2.05) is 0 Å². The number of methoxy groups -OCH3 is 1. The van der Waals surface area contributed by atoms with Crippen LogP contribution < -0.4 is 10.1 Å². The van der Waals surface area contributed by atoms with Gasteiger partial charge in [0.15, 0.2) is 10.4 Å². The predicted molar refractivity (Wildman–Crippen MR) is 86.3 cm³/mol. The summed E-state index contributed by atoms with van der Waals surface area (Å²) in [6.07, 6.45) is 0. The van der Waals surface area contributed by atoms with Gasteiger partial charge in [-0.15, -0.1) is 0 Å². The first kappa shape index (κ1) is 14.7. The van der Waals surface area contributed by atoms with Crippen molar-refractivity contribution in [2.24, 2.45) is 0 Å². The van der Waals surface area contributed by atoms with E-state index in [0.29, 0.717) is 32.7 Å². The van der Waals surface area contributed by atoms with Gasteiger partial charge in [0.1, 0.15) is 5.75 Å². The molecule has 0 aliphatic carbocycles. The average Bonchev–Trinajstić information content (AvgIpc) is 3.16. The second-order valence-corrected chi connectivity index (χ2v) is 5.71. The van der Waals surface area contributed by atoms with Crippen molar-refractivity contribution in [3.05, 3.63) is 46.6 Å². The van der Waals surface area contributed by atoms with E-state index < -0.39 is 0 Å². The molecule has 0 aliphatic heterocycles. The highest BCUT2D eigenvalue weighted by Gasteiger charge is 2.15. The summed E-state index contributed by atoms with van der Waals surface area (Å²) in [6, 6.07) is 10.5. The highest BCUT2D eigenvalue weighted by atomic mass is 79.9. The summed E-state index contributed by atoms with van der Waals surface area (Å²) < 4.78 is 15.3. The fourth-order valence-corrected chi connectivity index (χ4v) is 2.68. The number of carbonyl (C=O) groups is 1. The largest absolute Gasteiger partial charge is 0.496 e. The molecule has 0 radical (unpaired) electrons. The van der Waals surface area contributed by atoms with Crippen molar-refractivity contribution >= 4 is 38.5 Å². The van der Waals surface area contributed by atoms with Crippen LogP contribution in [0.15, 0.2) is 45.5 Å². The smallest absolute Gasteiger partial charge is 0.261 e. The Morgan fingerprint density at radius 3 is 2.86 bits per heavy atom. The summed E-state index contributed by atoms with van der Waals surface area (Å²) in [5, 5.41) is 3.09. The van der Waals surface area contributed by atoms with E-state index in [2.05, 4.69) is 30.6 Å². The van der Waals surface area contributed by atoms with Crippen LogP contribution in [0.2, 0.25) is 0 Å². The zero-order valence-corrected chi connectivity index (χ0v) is 13.8. The van der Waals surface area contributed by atoms with Crippen molar-refractivity contribution < 1.29 is 13.9 Å². The van der Waals surface area contributed by atoms with Gasteiger partial charge in [0, 0.05) is 11.5 Å². The third-order valence-electron chi connectivity index (χ3n) is 2.79. The van der Waals surface area contributed by atoms with Crippen LogP contribution in [0.4, 0.5) is 5.13 Å². The highest BCUT2D eigenvalue weighted by molar-refractivity contribution is 9.10. The topological polar surface area (TPSA) is 77.2 Å². The average molecular weight is 380 g/mol. The van der Waals surface area contributed by atoms with Gasteiger partial charge in [-0.05, 0) is 40.2 Å². The zero-order valence-electron chi connectivity index (χ0n) is 11.4. The molecule has 0 atom stereocenters. The van der Waals surface area contributed by atoms with Gasteiger partial charge in [-0.2, -0.15) is 9.36 Å². The van der Waals surface area contributed by atoms with Crippen LogP contribution in [0, 0.1) is 0 Å². The van der Waals surface area contributed by atoms with E-state index >= 15 is 0 Å². The zero-order chi connectivity index (χ0) is 15.5. The Balaban J connectivity index is 1.79. The molecule has 0 unspecified atom stereocenters. The van der Waals surface area contributed by atoms with Gasteiger partial charge < -0.3 is 9.15 Å². The van der Waals surface area contributed by atoms with Crippen molar-refractivity contribution in [1.29, 1.82) is 0 Å². The summed E-state index contributed by atoms with van der Waals surface area (Å²) in [6.45, 7) is 0. The molecule has 0 aliphatic rings. The molecule has 22 heavy (non-hydrogen) atoms. The molecular weight excluding hydrogens is 370 g/mol. The highest BCUT2D eigenvalue weighted by Crippen LogP contribution is 2.26. The standard InChI is InChI=1S/C14H10BrN3O3S/c1-20-9-5-3-2-4-8(9)13(19)17-14-16-12(18-22-14)10-6-7-11(15)21-10/h2-7H,1H3,(H,16,17,18,19). The number of furan rings is 1. The molecule has 3 rings (SSSR count). The molecule has 0 saturated carbocycles. The second kappa shape index (κ2) is 6.29. The van der Waals surface area contributed by atoms with Gasteiger partial charge in [-0.1, -0.05) is 12.1 Å². The Hall–Kier alpha value is -2.19. The van der Waals surface area contributed by atoms with E-state index in [0.717, 1.165) is 11.5 Å². The number of anilines is 1. The van der Waals surface area contributed by atoms with Gasteiger partial charge in [-0.25, -0.2) is 0 Å². The van der Waals surface area contributed by atoms with Gasteiger partial charge in [-0.3, -0.25) is 10.1 Å². The van der Waals surface area contributed by atoms with Crippen LogP contribution in [0.1, 0.15) is 10.4 Å². The van der Waals surface area contributed by atoms with Crippen molar-refractivity contribution in [1.82, 2.24) is 9.36 Å². The number of rotatable bonds is 4. The Morgan fingerprint density at radius 2 is 2.14 bits per heavy atom. The fourth-order valence-electron chi connectivity index (χ4n) is 1.81. The molecule has 0 bridgehead atoms. The SMILES string of the molecule is COc1ccccc1C(=O)Nc1nc(-c2ccc(Br)o2)ns1. The fraction of sp³-hybridized carbons (Fsp3) is 0.0714.